The van der Waals surface area contributed by atoms with Crippen LogP contribution in [0.25, 0.3) is 10.9 Å². The summed E-state index contributed by atoms with van der Waals surface area (Å²) in [4.78, 5) is 22.5. The summed E-state index contributed by atoms with van der Waals surface area (Å²) in [5, 5.41) is 0.937. The molecular weight excluding hydrogens is 228 g/mol. The molecule has 2 rings (SSSR count). The van der Waals surface area contributed by atoms with Crippen LogP contribution in [0.15, 0.2) is 24.4 Å². The second kappa shape index (κ2) is 4.64. The second-order valence-electron chi connectivity index (χ2n) is 4.48. The Kier molecular flexibility index (Phi) is 3.19. The Balaban J connectivity index is 2.58. The van der Waals surface area contributed by atoms with Crippen LogP contribution in [0.1, 0.15) is 29.3 Å². The Labute approximate surface area is 105 Å². The Hall–Kier alpha value is -2.10. The van der Waals surface area contributed by atoms with Crippen LogP contribution >= 0.6 is 0 Å². The van der Waals surface area contributed by atoms with Crippen molar-refractivity contribution in [3.05, 3.63) is 35.5 Å². The number of hydrogen-bond donors (Lipinski definition) is 1. The number of rotatable bonds is 4. The van der Waals surface area contributed by atoms with Gasteiger partial charge in [0.25, 0.3) is 0 Å². The minimum absolute atomic E-state index is 0.0309. The van der Waals surface area contributed by atoms with Gasteiger partial charge in [0, 0.05) is 30.1 Å². The van der Waals surface area contributed by atoms with Crippen LogP contribution < -0.4 is 5.73 Å². The van der Waals surface area contributed by atoms with Gasteiger partial charge in [0.2, 0.25) is 5.91 Å². The number of primary amides is 1. The Morgan fingerprint density at radius 2 is 2.06 bits per heavy atom. The van der Waals surface area contributed by atoms with E-state index in [0.29, 0.717) is 12.1 Å². The SMILES string of the molecule is CC(=O)c1cn(CCC(N)=O)c2c(C)cccc12. The second-order valence-corrected chi connectivity index (χ2v) is 4.48. The maximum atomic E-state index is 11.6. The molecule has 0 bridgehead atoms. The molecule has 2 N–H and O–H groups in total. The van der Waals surface area contributed by atoms with Gasteiger partial charge in [-0.2, -0.15) is 0 Å². The molecule has 0 spiro atoms. The molecule has 0 aliphatic carbocycles. The van der Waals surface area contributed by atoms with E-state index in [1.807, 2.05) is 35.9 Å². The van der Waals surface area contributed by atoms with Gasteiger partial charge in [0.1, 0.15) is 0 Å². The molecule has 1 heterocycles. The number of aryl methyl sites for hydroxylation is 2. The number of fused-ring (bicyclic) bond motifs is 1. The highest BCUT2D eigenvalue weighted by Crippen LogP contribution is 2.25. The van der Waals surface area contributed by atoms with E-state index in [1.54, 1.807) is 6.92 Å². The van der Waals surface area contributed by atoms with Gasteiger partial charge in [0.15, 0.2) is 5.78 Å². The van der Waals surface area contributed by atoms with E-state index in [4.69, 9.17) is 5.73 Å². The minimum atomic E-state index is -0.338. The van der Waals surface area contributed by atoms with Crippen LogP contribution in [0.4, 0.5) is 0 Å². The standard InChI is InChI=1S/C14H16N2O2/c1-9-4-3-5-11-12(10(2)17)8-16(14(9)11)7-6-13(15)18/h3-5,8H,6-7H2,1-2H3,(H2,15,18). The predicted molar refractivity (Wildman–Crippen MR) is 70.5 cm³/mol. The summed E-state index contributed by atoms with van der Waals surface area (Å²) in [6.45, 7) is 4.05. The summed E-state index contributed by atoms with van der Waals surface area (Å²) < 4.78 is 1.94. The van der Waals surface area contributed by atoms with Gasteiger partial charge < -0.3 is 10.3 Å². The third kappa shape index (κ3) is 2.14. The summed E-state index contributed by atoms with van der Waals surface area (Å²) in [5.74, 6) is -0.307. The van der Waals surface area contributed by atoms with Crippen LogP contribution in [-0.4, -0.2) is 16.3 Å². The quantitative estimate of drug-likeness (QED) is 0.836. The highest BCUT2D eigenvalue weighted by Gasteiger charge is 2.13. The number of Topliss-reactive ketones (excluding diaryl/α,β-unsaturated/α-hetero) is 1. The van der Waals surface area contributed by atoms with Crippen molar-refractivity contribution in [2.45, 2.75) is 26.8 Å². The number of nitrogens with two attached hydrogens (primary N) is 1. The average molecular weight is 244 g/mol. The number of amides is 1. The highest BCUT2D eigenvalue weighted by atomic mass is 16.1. The van der Waals surface area contributed by atoms with Crippen molar-refractivity contribution in [2.75, 3.05) is 0 Å². The van der Waals surface area contributed by atoms with E-state index in [0.717, 1.165) is 16.5 Å². The van der Waals surface area contributed by atoms with Crippen LogP contribution in [0, 0.1) is 6.92 Å². The zero-order valence-corrected chi connectivity index (χ0v) is 10.6. The smallest absolute Gasteiger partial charge is 0.219 e. The molecule has 0 atom stereocenters. The molecule has 1 aromatic heterocycles. The third-order valence-corrected chi connectivity index (χ3v) is 3.08. The number of aromatic nitrogens is 1. The molecule has 0 aliphatic heterocycles. The zero-order chi connectivity index (χ0) is 13.3. The molecule has 2 aromatic rings. The van der Waals surface area contributed by atoms with Gasteiger partial charge in [-0.15, -0.1) is 0 Å². The molecule has 4 nitrogen and oxygen atoms in total. The molecule has 1 amide bonds. The molecule has 0 unspecified atom stereocenters. The first-order valence-electron chi connectivity index (χ1n) is 5.88. The summed E-state index contributed by atoms with van der Waals surface area (Å²) in [7, 11) is 0. The lowest BCUT2D eigenvalue weighted by atomic mass is 10.1. The van der Waals surface area contributed by atoms with Crippen molar-refractivity contribution in [3.63, 3.8) is 0 Å². The van der Waals surface area contributed by atoms with Gasteiger partial charge >= 0.3 is 0 Å². The van der Waals surface area contributed by atoms with Crippen LogP contribution in [-0.2, 0) is 11.3 Å². The van der Waals surface area contributed by atoms with E-state index < -0.39 is 0 Å². The van der Waals surface area contributed by atoms with Crippen molar-refractivity contribution >= 4 is 22.6 Å². The fourth-order valence-corrected chi connectivity index (χ4v) is 2.24. The number of ketones is 1. The molecule has 0 saturated heterocycles. The lowest BCUT2D eigenvalue weighted by Gasteiger charge is -2.05. The number of carbonyl (C=O) groups excluding carboxylic acids is 2. The van der Waals surface area contributed by atoms with E-state index in [9.17, 15) is 9.59 Å². The molecule has 94 valence electrons. The van der Waals surface area contributed by atoms with Gasteiger partial charge in [-0.25, -0.2) is 0 Å². The number of nitrogens with zero attached hydrogens (tertiary/aromatic N) is 1. The van der Waals surface area contributed by atoms with Crippen LogP contribution in [0.5, 0.6) is 0 Å². The van der Waals surface area contributed by atoms with Crippen molar-refractivity contribution in [1.82, 2.24) is 4.57 Å². The Morgan fingerprint density at radius 3 is 2.67 bits per heavy atom. The average Bonchev–Trinajstić information content (AvgIpc) is 2.67. The summed E-state index contributed by atoms with van der Waals surface area (Å²) in [6.07, 6.45) is 2.08. The molecular formula is C14H16N2O2. The molecule has 1 aromatic carbocycles. The van der Waals surface area contributed by atoms with E-state index in [1.165, 1.54) is 0 Å². The molecule has 0 radical (unpaired) electrons. The summed E-state index contributed by atoms with van der Waals surface area (Å²) in [5.41, 5.74) is 7.95. The Morgan fingerprint density at radius 1 is 1.33 bits per heavy atom. The maximum Gasteiger partial charge on any atom is 0.219 e. The molecule has 18 heavy (non-hydrogen) atoms. The Bertz CT molecular complexity index is 626. The van der Waals surface area contributed by atoms with Crippen molar-refractivity contribution in [3.8, 4) is 0 Å². The fraction of sp³-hybridized carbons (Fsp3) is 0.286. The topological polar surface area (TPSA) is 65.1 Å². The van der Waals surface area contributed by atoms with Crippen LogP contribution in [0.3, 0.4) is 0 Å². The van der Waals surface area contributed by atoms with Gasteiger partial charge in [-0.3, -0.25) is 9.59 Å². The first-order valence-corrected chi connectivity index (χ1v) is 5.88. The fourth-order valence-electron chi connectivity index (χ4n) is 2.24. The van der Waals surface area contributed by atoms with E-state index >= 15 is 0 Å². The monoisotopic (exact) mass is 244 g/mol. The zero-order valence-electron chi connectivity index (χ0n) is 10.6. The van der Waals surface area contributed by atoms with E-state index in [-0.39, 0.29) is 18.1 Å². The van der Waals surface area contributed by atoms with E-state index in [2.05, 4.69) is 0 Å². The van der Waals surface area contributed by atoms with Gasteiger partial charge in [-0.05, 0) is 19.4 Å². The normalized spacial score (nSPS) is 10.8. The largest absolute Gasteiger partial charge is 0.370 e. The summed E-state index contributed by atoms with van der Waals surface area (Å²) in [6, 6.07) is 5.86. The van der Waals surface area contributed by atoms with Gasteiger partial charge in [0.05, 0.1) is 5.52 Å². The van der Waals surface area contributed by atoms with Crippen molar-refractivity contribution in [1.29, 1.82) is 0 Å². The molecule has 0 saturated carbocycles. The highest BCUT2D eigenvalue weighted by molar-refractivity contribution is 6.07. The molecule has 4 heteroatoms. The number of carbonyl (C=O) groups is 2. The maximum absolute atomic E-state index is 11.6. The lowest BCUT2D eigenvalue weighted by Crippen LogP contribution is -2.13. The lowest BCUT2D eigenvalue weighted by molar-refractivity contribution is -0.118. The number of benzene rings is 1. The molecule has 0 fully saturated rings. The summed E-state index contributed by atoms with van der Waals surface area (Å²) >= 11 is 0. The minimum Gasteiger partial charge on any atom is -0.370 e. The van der Waals surface area contributed by atoms with Crippen LogP contribution in [0.2, 0.25) is 0 Å². The first-order chi connectivity index (χ1) is 8.50. The first kappa shape index (κ1) is 12.4. The third-order valence-electron chi connectivity index (χ3n) is 3.08. The number of hydrogen-bond acceptors (Lipinski definition) is 2. The number of para-hydroxylation sites is 1. The van der Waals surface area contributed by atoms with Gasteiger partial charge in [-0.1, -0.05) is 18.2 Å². The molecule has 0 aliphatic rings. The van der Waals surface area contributed by atoms with Crippen molar-refractivity contribution < 1.29 is 9.59 Å². The van der Waals surface area contributed by atoms with Crippen molar-refractivity contribution in [2.24, 2.45) is 5.73 Å². The predicted octanol–water partition coefficient (Wildman–Crippen LogP) is 2.03.